The summed E-state index contributed by atoms with van der Waals surface area (Å²) in [5, 5.41) is 0. The molecule has 0 bridgehead atoms. The third kappa shape index (κ3) is 6.96. The van der Waals surface area contributed by atoms with Crippen LogP contribution < -0.4 is 0 Å². The van der Waals surface area contributed by atoms with Crippen LogP contribution in [-0.2, 0) is 23.8 Å². The van der Waals surface area contributed by atoms with Crippen LogP contribution in [0.25, 0.3) is 0 Å². The van der Waals surface area contributed by atoms with Crippen molar-refractivity contribution in [1.82, 2.24) is 0 Å². The van der Waals surface area contributed by atoms with Crippen LogP contribution >= 0.6 is 0 Å². The Morgan fingerprint density at radius 2 is 2.21 bits per heavy atom. The highest BCUT2D eigenvalue weighted by Gasteiger charge is 2.22. The molecule has 1 aliphatic heterocycles. The monoisotopic (exact) mass is 270 g/mol. The molecule has 0 amide bonds. The van der Waals surface area contributed by atoms with E-state index < -0.39 is 5.97 Å². The topological polar surface area (TPSA) is 61.8 Å². The molecule has 1 heterocycles. The molecule has 0 N–H and O–H groups in total. The second-order valence-electron chi connectivity index (χ2n) is 4.65. The molecular weight excluding hydrogens is 248 g/mol. The van der Waals surface area contributed by atoms with Gasteiger partial charge in [-0.2, -0.15) is 0 Å². The van der Waals surface area contributed by atoms with E-state index in [1.165, 1.54) is 0 Å². The van der Waals surface area contributed by atoms with Crippen molar-refractivity contribution in [2.24, 2.45) is 0 Å². The lowest BCUT2D eigenvalue weighted by molar-refractivity contribution is -0.155. The van der Waals surface area contributed by atoms with Crippen LogP contribution in [-0.4, -0.2) is 37.4 Å². The third-order valence-corrected chi connectivity index (χ3v) is 2.92. The molecule has 1 unspecified atom stereocenters. The number of ether oxygens (including phenoxy) is 3. The third-order valence-electron chi connectivity index (χ3n) is 2.92. The highest BCUT2D eigenvalue weighted by molar-refractivity contribution is 5.81. The first kappa shape index (κ1) is 15.7. The molecule has 0 aliphatic carbocycles. The van der Waals surface area contributed by atoms with Crippen molar-refractivity contribution < 1.29 is 23.8 Å². The van der Waals surface area contributed by atoms with Gasteiger partial charge in [-0.25, -0.2) is 4.79 Å². The van der Waals surface area contributed by atoms with Crippen LogP contribution in [0.4, 0.5) is 0 Å². The van der Waals surface area contributed by atoms with Gasteiger partial charge in [-0.15, -0.1) is 0 Å². The van der Waals surface area contributed by atoms with Crippen molar-refractivity contribution in [3.8, 4) is 0 Å². The fourth-order valence-corrected chi connectivity index (χ4v) is 1.91. The fraction of sp³-hybridized carbons (Fsp3) is 0.714. The summed E-state index contributed by atoms with van der Waals surface area (Å²) in [5.74, 6) is -0.618. The van der Waals surface area contributed by atoms with Gasteiger partial charge in [-0.1, -0.05) is 6.58 Å². The highest BCUT2D eigenvalue weighted by atomic mass is 16.6. The predicted octanol–water partition coefficient (Wildman–Crippen LogP) is 2.00. The first-order valence-corrected chi connectivity index (χ1v) is 6.72. The standard InChI is InChI=1S/C14H22O5/c1-3-13(15)18-8-5-4-6-14(16)19-12-7-9-17-11(2)10-12/h3,11-12H,1,4-10H2,2H3/t11?,12-/m0/s1. The Kier molecular flexibility index (Phi) is 7.18. The zero-order valence-electron chi connectivity index (χ0n) is 11.4. The van der Waals surface area contributed by atoms with Gasteiger partial charge in [0.2, 0.25) is 0 Å². The van der Waals surface area contributed by atoms with Crippen molar-refractivity contribution in [2.45, 2.75) is 51.2 Å². The van der Waals surface area contributed by atoms with Gasteiger partial charge in [0, 0.05) is 25.3 Å². The molecule has 108 valence electrons. The van der Waals surface area contributed by atoms with E-state index in [1.807, 2.05) is 6.92 Å². The van der Waals surface area contributed by atoms with E-state index in [2.05, 4.69) is 6.58 Å². The van der Waals surface area contributed by atoms with E-state index in [9.17, 15) is 9.59 Å². The summed E-state index contributed by atoms with van der Waals surface area (Å²) in [5.41, 5.74) is 0. The van der Waals surface area contributed by atoms with Gasteiger partial charge < -0.3 is 14.2 Å². The summed E-state index contributed by atoms with van der Waals surface area (Å²) >= 11 is 0. The van der Waals surface area contributed by atoms with Gasteiger partial charge in [0.15, 0.2) is 0 Å². The number of hydrogen-bond donors (Lipinski definition) is 0. The van der Waals surface area contributed by atoms with Crippen LogP contribution in [0.15, 0.2) is 12.7 Å². The largest absolute Gasteiger partial charge is 0.463 e. The summed E-state index contributed by atoms with van der Waals surface area (Å²) < 4.78 is 15.6. The molecule has 1 fully saturated rings. The summed E-state index contributed by atoms with van der Waals surface area (Å²) in [6.07, 6.45) is 4.47. The number of carbonyl (C=O) groups excluding carboxylic acids is 2. The van der Waals surface area contributed by atoms with Crippen LogP contribution in [0.2, 0.25) is 0 Å². The van der Waals surface area contributed by atoms with Crippen molar-refractivity contribution in [2.75, 3.05) is 13.2 Å². The van der Waals surface area contributed by atoms with E-state index in [4.69, 9.17) is 14.2 Å². The maximum absolute atomic E-state index is 11.6. The molecule has 1 saturated heterocycles. The Balaban J connectivity index is 2.04. The van der Waals surface area contributed by atoms with E-state index in [0.717, 1.165) is 18.9 Å². The molecule has 1 rings (SSSR count). The van der Waals surface area contributed by atoms with Gasteiger partial charge in [0.05, 0.1) is 19.3 Å². The minimum Gasteiger partial charge on any atom is -0.463 e. The molecule has 0 radical (unpaired) electrons. The maximum Gasteiger partial charge on any atom is 0.330 e. The molecule has 0 spiro atoms. The molecule has 0 saturated carbocycles. The Morgan fingerprint density at radius 1 is 1.42 bits per heavy atom. The molecule has 1 aliphatic rings. The van der Waals surface area contributed by atoms with Gasteiger partial charge in [-0.3, -0.25) is 4.79 Å². The first-order chi connectivity index (χ1) is 9.11. The Morgan fingerprint density at radius 3 is 2.89 bits per heavy atom. The van der Waals surface area contributed by atoms with Crippen LogP contribution in [0, 0.1) is 0 Å². The van der Waals surface area contributed by atoms with Crippen molar-refractivity contribution >= 4 is 11.9 Å². The number of unbranched alkanes of at least 4 members (excludes halogenated alkanes) is 1. The zero-order chi connectivity index (χ0) is 14.1. The quantitative estimate of drug-likeness (QED) is 0.402. The molecule has 0 aromatic rings. The number of esters is 2. The van der Waals surface area contributed by atoms with E-state index in [0.29, 0.717) is 32.5 Å². The van der Waals surface area contributed by atoms with Gasteiger partial charge in [0.25, 0.3) is 0 Å². The normalized spacial score (nSPS) is 22.6. The average Bonchev–Trinajstić information content (AvgIpc) is 2.38. The summed E-state index contributed by atoms with van der Waals surface area (Å²) in [4.78, 5) is 22.3. The van der Waals surface area contributed by atoms with Crippen molar-refractivity contribution in [1.29, 1.82) is 0 Å². The molecular formula is C14H22O5. The maximum atomic E-state index is 11.6. The lowest BCUT2D eigenvalue weighted by atomic mass is 10.1. The smallest absolute Gasteiger partial charge is 0.330 e. The Bertz CT molecular complexity index is 313. The van der Waals surface area contributed by atoms with E-state index in [1.54, 1.807) is 0 Å². The minimum atomic E-state index is -0.432. The van der Waals surface area contributed by atoms with Crippen LogP contribution in [0.1, 0.15) is 39.0 Å². The first-order valence-electron chi connectivity index (χ1n) is 6.72. The second kappa shape index (κ2) is 8.69. The minimum absolute atomic E-state index is 0.0187. The van der Waals surface area contributed by atoms with Crippen LogP contribution in [0.5, 0.6) is 0 Å². The second-order valence-corrected chi connectivity index (χ2v) is 4.65. The lowest BCUT2D eigenvalue weighted by Gasteiger charge is -2.27. The van der Waals surface area contributed by atoms with E-state index >= 15 is 0 Å². The SMILES string of the molecule is C=CC(=O)OCCCCC(=O)O[C@H]1CCOC(C)C1. The number of hydrogen-bond acceptors (Lipinski definition) is 5. The van der Waals surface area contributed by atoms with Crippen molar-refractivity contribution in [3.05, 3.63) is 12.7 Å². The summed E-state index contributed by atoms with van der Waals surface area (Å²) in [7, 11) is 0. The molecule has 19 heavy (non-hydrogen) atoms. The molecule has 5 heteroatoms. The number of carbonyl (C=O) groups is 2. The summed E-state index contributed by atoms with van der Waals surface area (Å²) in [6, 6.07) is 0. The van der Waals surface area contributed by atoms with Gasteiger partial charge in [0.1, 0.15) is 6.10 Å². The Hall–Kier alpha value is -1.36. The molecule has 0 aromatic carbocycles. The molecule has 2 atom stereocenters. The van der Waals surface area contributed by atoms with Gasteiger partial charge in [-0.05, 0) is 19.8 Å². The summed E-state index contributed by atoms with van der Waals surface area (Å²) in [6.45, 7) is 6.24. The fourth-order valence-electron chi connectivity index (χ4n) is 1.91. The predicted molar refractivity (Wildman–Crippen MR) is 69.5 cm³/mol. The van der Waals surface area contributed by atoms with Crippen molar-refractivity contribution in [3.63, 3.8) is 0 Å². The average molecular weight is 270 g/mol. The van der Waals surface area contributed by atoms with Crippen LogP contribution in [0.3, 0.4) is 0 Å². The molecule has 0 aromatic heterocycles. The highest BCUT2D eigenvalue weighted by Crippen LogP contribution is 2.17. The zero-order valence-corrected chi connectivity index (χ0v) is 11.4. The lowest BCUT2D eigenvalue weighted by Crippen LogP contribution is -2.30. The number of rotatable bonds is 7. The Labute approximate surface area is 113 Å². The van der Waals surface area contributed by atoms with Gasteiger partial charge >= 0.3 is 11.9 Å². The molecule has 5 nitrogen and oxygen atoms in total. The van der Waals surface area contributed by atoms with E-state index in [-0.39, 0.29) is 18.2 Å².